The molecule has 0 aliphatic carbocycles. The van der Waals surface area contributed by atoms with Crippen LogP contribution in [0.4, 0.5) is 5.82 Å². The molecule has 6 heteroatoms. The quantitative estimate of drug-likeness (QED) is 0.639. The van der Waals surface area contributed by atoms with Crippen LogP contribution < -0.4 is 4.90 Å². The molecule has 0 radical (unpaired) electrons. The van der Waals surface area contributed by atoms with E-state index in [0.717, 1.165) is 61.2 Å². The molecule has 0 unspecified atom stereocenters. The Kier molecular flexibility index (Phi) is 4.86. The summed E-state index contributed by atoms with van der Waals surface area (Å²) in [6.07, 6.45) is 0.778. The standard InChI is InChI=1S/C24H22N6/c1-18-11-12-25-24(26-18)30-15-13-29(14-16-30)23-21-10-6-5-9-20(21)22(27-28-23)17-19-7-3-2-4-8-19/h2-10H,13-17H2,1H3. The molecule has 2 aromatic carbocycles. The second-order valence-electron chi connectivity index (χ2n) is 7.50. The number of anilines is 1. The van der Waals surface area contributed by atoms with Crippen LogP contribution >= 0.6 is 0 Å². The summed E-state index contributed by atoms with van der Waals surface area (Å²) < 4.78 is 0. The summed E-state index contributed by atoms with van der Waals surface area (Å²) in [7, 11) is 0. The number of aromatic nitrogens is 2. The van der Waals surface area contributed by atoms with E-state index >= 15 is 0 Å². The summed E-state index contributed by atoms with van der Waals surface area (Å²) in [5.74, 6) is 4.48. The largest absolute Gasteiger partial charge is 0.351 e. The maximum absolute atomic E-state index is 4.65. The molecule has 0 saturated carbocycles. The SMILES string of the molecule is CC1=C=C=NC(N2CCN(c3nnc(Cc4ccccc4)c4ccccc34)CC2)=N1. The highest BCUT2D eigenvalue weighted by Crippen LogP contribution is 2.28. The average molecular weight is 394 g/mol. The molecule has 1 saturated heterocycles. The molecule has 0 atom stereocenters. The Hall–Kier alpha value is -3.72. The first-order chi connectivity index (χ1) is 14.8. The Morgan fingerprint density at radius 3 is 2.30 bits per heavy atom. The number of allylic oxidation sites excluding steroid dienone is 1. The van der Waals surface area contributed by atoms with E-state index in [0.29, 0.717) is 0 Å². The maximum Gasteiger partial charge on any atom is 0.235 e. The van der Waals surface area contributed by atoms with Gasteiger partial charge in [0.25, 0.3) is 0 Å². The van der Waals surface area contributed by atoms with Gasteiger partial charge in [-0.3, -0.25) is 0 Å². The van der Waals surface area contributed by atoms with Crippen LogP contribution in [0.3, 0.4) is 0 Å². The molecule has 2 aliphatic heterocycles. The summed E-state index contributed by atoms with van der Waals surface area (Å²) in [6, 6.07) is 18.9. The third-order valence-corrected chi connectivity index (χ3v) is 5.48. The smallest absolute Gasteiger partial charge is 0.235 e. The number of piperazine rings is 1. The first-order valence-corrected chi connectivity index (χ1v) is 10.2. The lowest BCUT2D eigenvalue weighted by molar-refractivity contribution is 0.381. The molecule has 30 heavy (non-hydrogen) atoms. The fourth-order valence-corrected chi connectivity index (χ4v) is 3.92. The lowest BCUT2D eigenvalue weighted by atomic mass is 10.0. The number of benzene rings is 2. The molecular weight excluding hydrogens is 372 g/mol. The predicted octanol–water partition coefficient (Wildman–Crippen LogP) is 3.44. The van der Waals surface area contributed by atoms with E-state index in [1.807, 2.05) is 13.0 Å². The lowest BCUT2D eigenvalue weighted by Gasteiger charge is -2.36. The van der Waals surface area contributed by atoms with Gasteiger partial charge in [-0.1, -0.05) is 54.6 Å². The molecule has 0 N–H and O–H groups in total. The highest BCUT2D eigenvalue weighted by Gasteiger charge is 2.23. The van der Waals surface area contributed by atoms with Crippen LogP contribution in [-0.2, 0) is 6.42 Å². The molecule has 5 rings (SSSR count). The van der Waals surface area contributed by atoms with Crippen molar-refractivity contribution in [3.63, 3.8) is 0 Å². The van der Waals surface area contributed by atoms with Crippen molar-refractivity contribution in [3.8, 4) is 0 Å². The normalized spacial score (nSPS) is 16.0. The number of aliphatic imine (C=N–C) groups is 2. The maximum atomic E-state index is 4.65. The zero-order valence-electron chi connectivity index (χ0n) is 16.9. The number of hydrogen-bond acceptors (Lipinski definition) is 6. The minimum Gasteiger partial charge on any atom is -0.351 e. The molecule has 0 amide bonds. The lowest BCUT2D eigenvalue weighted by Crippen LogP contribution is -2.48. The third kappa shape index (κ3) is 3.62. The number of guanidine groups is 1. The molecule has 3 aromatic rings. The van der Waals surface area contributed by atoms with Gasteiger partial charge in [-0.15, -0.1) is 5.10 Å². The number of nitrogens with zero attached hydrogens (tertiary/aromatic N) is 6. The van der Waals surface area contributed by atoms with Crippen molar-refractivity contribution >= 4 is 28.4 Å². The fraction of sp³-hybridized carbons (Fsp3) is 0.250. The summed E-state index contributed by atoms with van der Waals surface area (Å²) >= 11 is 0. The first kappa shape index (κ1) is 18.3. The van der Waals surface area contributed by atoms with Gasteiger partial charge in [-0.2, -0.15) is 10.1 Å². The van der Waals surface area contributed by atoms with Crippen LogP contribution in [0.15, 0.2) is 76.0 Å². The Labute approximate surface area is 175 Å². The van der Waals surface area contributed by atoms with E-state index in [4.69, 9.17) is 0 Å². The van der Waals surface area contributed by atoms with E-state index in [1.54, 1.807) is 0 Å². The van der Waals surface area contributed by atoms with Crippen molar-refractivity contribution in [2.75, 3.05) is 31.1 Å². The Bertz CT molecular complexity index is 1210. The first-order valence-electron chi connectivity index (χ1n) is 10.2. The molecular formula is C24H22N6. The summed E-state index contributed by atoms with van der Waals surface area (Å²) in [5, 5.41) is 11.6. The van der Waals surface area contributed by atoms with Gasteiger partial charge in [0.05, 0.1) is 11.4 Å². The van der Waals surface area contributed by atoms with Crippen LogP contribution in [0.25, 0.3) is 10.8 Å². The van der Waals surface area contributed by atoms with Gasteiger partial charge in [-0.25, -0.2) is 4.99 Å². The molecule has 1 fully saturated rings. The summed E-state index contributed by atoms with van der Waals surface area (Å²) in [6.45, 7) is 5.27. The van der Waals surface area contributed by atoms with Crippen LogP contribution in [0.2, 0.25) is 0 Å². The zero-order valence-corrected chi connectivity index (χ0v) is 16.9. The van der Waals surface area contributed by atoms with Gasteiger partial charge in [0, 0.05) is 49.2 Å². The van der Waals surface area contributed by atoms with Crippen LogP contribution in [0.1, 0.15) is 18.2 Å². The minimum atomic E-state index is 0.722. The van der Waals surface area contributed by atoms with E-state index in [9.17, 15) is 0 Å². The Balaban J connectivity index is 1.39. The van der Waals surface area contributed by atoms with E-state index in [2.05, 4.69) is 90.1 Å². The summed E-state index contributed by atoms with van der Waals surface area (Å²) in [4.78, 5) is 13.2. The van der Waals surface area contributed by atoms with Crippen LogP contribution in [0.5, 0.6) is 0 Å². The van der Waals surface area contributed by atoms with E-state index in [1.165, 1.54) is 10.9 Å². The van der Waals surface area contributed by atoms with Gasteiger partial charge in [0.2, 0.25) is 5.96 Å². The van der Waals surface area contributed by atoms with Crippen molar-refractivity contribution in [1.82, 2.24) is 15.1 Å². The number of fused-ring (bicyclic) bond motifs is 1. The van der Waals surface area contributed by atoms with Crippen molar-refractivity contribution < 1.29 is 0 Å². The highest BCUT2D eigenvalue weighted by atomic mass is 15.4. The van der Waals surface area contributed by atoms with Crippen molar-refractivity contribution in [2.45, 2.75) is 13.3 Å². The van der Waals surface area contributed by atoms with Crippen molar-refractivity contribution in [1.29, 1.82) is 0 Å². The van der Waals surface area contributed by atoms with E-state index < -0.39 is 0 Å². The van der Waals surface area contributed by atoms with Gasteiger partial charge in [0.15, 0.2) is 5.82 Å². The second-order valence-corrected chi connectivity index (χ2v) is 7.50. The third-order valence-electron chi connectivity index (χ3n) is 5.48. The molecule has 6 nitrogen and oxygen atoms in total. The van der Waals surface area contributed by atoms with Crippen molar-refractivity contribution in [2.24, 2.45) is 9.98 Å². The highest BCUT2D eigenvalue weighted by molar-refractivity contribution is 5.94. The molecule has 2 aliphatic rings. The Morgan fingerprint density at radius 2 is 1.53 bits per heavy atom. The van der Waals surface area contributed by atoms with Gasteiger partial charge in [-0.05, 0) is 18.2 Å². The molecule has 0 spiro atoms. The molecule has 1 aromatic heterocycles. The van der Waals surface area contributed by atoms with Gasteiger partial charge in [0.1, 0.15) is 0 Å². The number of rotatable bonds is 3. The Morgan fingerprint density at radius 1 is 0.833 bits per heavy atom. The predicted molar refractivity (Wildman–Crippen MR) is 120 cm³/mol. The second kappa shape index (κ2) is 7.96. The average Bonchev–Trinajstić information content (AvgIpc) is 2.80. The topological polar surface area (TPSA) is 57.0 Å². The monoisotopic (exact) mass is 394 g/mol. The van der Waals surface area contributed by atoms with E-state index in [-0.39, 0.29) is 0 Å². The van der Waals surface area contributed by atoms with Gasteiger partial charge < -0.3 is 9.80 Å². The molecule has 0 bridgehead atoms. The number of hydrogen-bond donors (Lipinski definition) is 0. The minimum absolute atomic E-state index is 0.722. The van der Waals surface area contributed by atoms with Gasteiger partial charge >= 0.3 is 0 Å². The van der Waals surface area contributed by atoms with Crippen LogP contribution in [0, 0.1) is 0 Å². The fourth-order valence-electron chi connectivity index (χ4n) is 3.92. The van der Waals surface area contributed by atoms with Crippen molar-refractivity contribution in [3.05, 3.63) is 77.3 Å². The molecule has 148 valence electrons. The van der Waals surface area contributed by atoms with Crippen LogP contribution in [-0.4, -0.2) is 53.1 Å². The zero-order chi connectivity index (χ0) is 20.3. The summed E-state index contributed by atoms with van der Waals surface area (Å²) in [5.41, 5.74) is 5.95. The molecule has 3 heterocycles.